The summed E-state index contributed by atoms with van der Waals surface area (Å²) in [6.07, 6.45) is 2.07. The smallest absolute Gasteiger partial charge is 0.332 e. The largest absolute Gasteiger partial charge is 0.382 e. The summed E-state index contributed by atoms with van der Waals surface area (Å²) < 4.78 is 7.46. The van der Waals surface area contributed by atoms with E-state index in [2.05, 4.69) is 10.3 Å². The fraction of sp³-hybridized carbons (Fsp3) is 0.467. The van der Waals surface area contributed by atoms with Crippen LogP contribution in [0.4, 0.5) is 0 Å². The molecule has 0 spiro atoms. The molecule has 0 aromatic carbocycles. The van der Waals surface area contributed by atoms with Crippen molar-refractivity contribution in [3.05, 3.63) is 38.7 Å². The van der Waals surface area contributed by atoms with Gasteiger partial charge in [0.05, 0.1) is 10.9 Å². The molecule has 2 rings (SSSR count). The van der Waals surface area contributed by atoms with E-state index in [9.17, 15) is 14.4 Å². The Morgan fingerprint density at radius 3 is 2.74 bits per heavy atom. The van der Waals surface area contributed by atoms with Crippen LogP contribution in [0.3, 0.4) is 0 Å². The SMILES string of the molecule is CCOCCCNC(=O)c1cnc2c(c1)c(=O)n(C)c(=O)n2C. The van der Waals surface area contributed by atoms with Gasteiger partial charge in [0, 0.05) is 40.1 Å². The minimum atomic E-state index is -0.471. The van der Waals surface area contributed by atoms with Crippen LogP contribution in [0.15, 0.2) is 21.9 Å². The van der Waals surface area contributed by atoms with Gasteiger partial charge in [-0.25, -0.2) is 9.78 Å². The highest BCUT2D eigenvalue weighted by atomic mass is 16.5. The predicted octanol–water partition coefficient (Wildman–Crippen LogP) is -0.211. The van der Waals surface area contributed by atoms with Crippen LogP contribution in [0.25, 0.3) is 11.0 Å². The molecule has 1 N–H and O–H groups in total. The van der Waals surface area contributed by atoms with Crippen molar-refractivity contribution in [1.82, 2.24) is 19.4 Å². The highest BCUT2D eigenvalue weighted by Gasteiger charge is 2.13. The molecule has 23 heavy (non-hydrogen) atoms. The number of rotatable bonds is 6. The Morgan fingerprint density at radius 2 is 2.04 bits per heavy atom. The molecule has 0 aliphatic carbocycles. The van der Waals surface area contributed by atoms with Crippen molar-refractivity contribution >= 4 is 16.9 Å². The van der Waals surface area contributed by atoms with Crippen molar-refractivity contribution in [2.45, 2.75) is 13.3 Å². The summed E-state index contributed by atoms with van der Waals surface area (Å²) in [5.41, 5.74) is -0.389. The molecule has 0 fully saturated rings. The number of hydrogen-bond acceptors (Lipinski definition) is 5. The Bertz CT molecular complexity index is 838. The van der Waals surface area contributed by atoms with Gasteiger partial charge in [0.2, 0.25) is 0 Å². The van der Waals surface area contributed by atoms with E-state index in [1.807, 2.05) is 6.92 Å². The van der Waals surface area contributed by atoms with E-state index in [4.69, 9.17) is 4.74 Å². The molecule has 0 atom stereocenters. The summed E-state index contributed by atoms with van der Waals surface area (Å²) in [6.45, 7) is 3.61. The topological polar surface area (TPSA) is 95.2 Å². The quantitative estimate of drug-likeness (QED) is 0.743. The van der Waals surface area contributed by atoms with Gasteiger partial charge in [0.15, 0.2) is 0 Å². The van der Waals surface area contributed by atoms with Gasteiger partial charge in [-0.1, -0.05) is 0 Å². The van der Waals surface area contributed by atoms with Crippen LogP contribution in [0, 0.1) is 0 Å². The Labute approximate surface area is 132 Å². The number of carbonyl (C=O) groups is 1. The van der Waals surface area contributed by atoms with E-state index in [0.717, 1.165) is 4.57 Å². The van der Waals surface area contributed by atoms with Crippen molar-refractivity contribution in [2.75, 3.05) is 19.8 Å². The number of pyridine rings is 1. The zero-order chi connectivity index (χ0) is 17.0. The van der Waals surface area contributed by atoms with Crippen LogP contribution in [0.5, 0.6) is 0 Å². The van der Waals surface area contributed by atoms with E-state index in [1.54, 1.807) is 0 Å². The van der Waals surface area contributed by atoms with Crippen LogP contribution in [-0.2, 0) is 18.8 Å². The van der Waals surface area contributed by atoms with Crippen molar-refractivity contribution in [1.29, 1.82) is 0 Å². The molecular weight excluding hydrogens is 300 g/mol. The molecule has 0 unspecified atom stereocenters. The third-order valence-corrected chi connectivity index (χ3v) is 3.51. The first-order valence-corrected chi connectivity index (χ1v) is 7.39. The lowest BCUT2D eigenvalue weighted by Gasteiger charge is -2.08. The summed E-state index contributed by atoms with van der Waals surface area (Å²) in [6, 6.07) is 1.46. The molecule has 1 amide bonds. The molecule has 0 bridgehead atoms. The number of ether oxygens (including phenoxy) is 1. The fourth-order valence-corrected chi connectivity index (χ4v) is 2.21. The van der Waals surface area contributed by atoms with Crippen molar-refractivity contribution in [3.63, 3.8) is 0 Å². The first-order chi connectivity index (χ1) is 11.0. The Morgan fingerprint density at radius 1 is 1.30 bits per heavy atom. The average molecular weight is 320 g/mol. The van der Waals surface area contributed by atoms with Crippen LogP contribution in [0.1, 0.15) is 23.7 Å². The van der Waals surface area contributed by atoms with Crippen LogP contribution >= 0.6 is 0 Å². The molecule has 2 heterocycles. The Kier molecular flexibility index (Phi) is 5.28. The van der Waals surface area contributed by atoms with Gasteiger partial charge in [0.1, 0.15) is 5.65 Å². The summed E-state index contributed by atoms with van der Waals surface area (Å²) >= 11 is 0. The number of nitrogens with zero attached hydrogens (tertiary/aromatic N) is 3. The maximum Gasteiger partial charge on any atom is 0.332 e. The normalized spacial score (nSPS) is 10.9. The van der Waals surface area contributed by atoms with Gasteiger partial charge < -0.3 is 10.1 Å². The maximum absolute atomic E-state index is 12.2. The number of carbonyl (C=O) groups excluding carboxylic acids is 1. The van der Waals surface area contributed by atoms with Crippen molar-refractivity contribution < 1.29 is 9.53 Å². The molecule has 2 aromatic heterocycles. The summed E-state index contributed by atoms with van der Waals surface area (Å²) in [5, 5.41) is 2.98. The maximum atomic E-state index is 12.2. The summed E-state index contributed by atoms with van der Waals surface area (Å²) in [7, 11) is 2.93. The van der Waals surface area contributed by atoms with Crippen molar-refractivity contribution in [3.8, 4) is 0 Å². The van der Waals surface area contributed by atoms with Crippen LogP contribution in [0.2, 0.25) is 0 Å². The van der Waals surface area contributed by atoms with Gasteiger partial charge in [-0.2, -0.15) is 0 Å². The zero-order valence-electron chi connectivity index (χ0n) is 13.5. The van der Waals surface area contributed by atoms with Crippen molar-refractivity contribution in [2.24, 2.45) is 14.1 Å². The summed E-state index contributed by atoms with van der Waals surface area (Å²) in [5.74, 6) is -0.313. The summed E-state index contributed by atoms with van der Waals surface area (Å²) in [4.78, 5) is 40.2. The lowest BCUT2D eigenvalue weighted by Crippen LogP contribution is -2.37. The van der Waals surface area contributed by atoms with Crippen LogP contribution < -0.4 is 16.6 Å². The van der Waals surface area contributed by atoms with Gasteiger partial charge in [-0.15, -0.1) is 0 Å². The second-order valence-electron chi connectivity index (χ2n) is 5.11. The Hall–Kier alpha value is -2.48. The number of fused-ring (bicyclic) bond motifs is 1. The predicted molar refractivity (Wildman–Crippen MR) is 85.7 cm³/mol. The second-order valence-corrected chi connectivity index (χ2v) is 5.11. The first kappa shape index (κ1) is 16.9. The Balaban J connectivity index is 2.25. The van der Waals surface area contributed by atoms with Gasteiger partial charge in [0.25, 0.3) is 11.5 Å². The number of aryl methyl sites for hydroxylation is 1. The third kappa shape index (κ3) is 3.48. The monoisotopic (exact) mass is 320 g/mol. The zero-order valence-corrected chi connectivity index (χ0v) is 13.5. The minimum Gasteiger partial charge on any atom is -0.382 e. The van der Waals surface area contributed by atoms with E-state index >= 15 is 0 Å². The third-order valence-electron chi connectivity index (χ3n) is 3.51. The lowest BCUT2D eigenvalue weighted by molar-refractivity contribution is 0.0944. The molecule has 8 heteroatoms. The fourth-order valence-electron chi connectivity index (χ4n) is 2.21. The molecule has 124 valence electrons. The lowest BCUT2D eigenvalue weighted by atomic mass is 10.2. The molecular formula is C15H20N4O4. The van der Waals surface area contributed by atoms with E-state index in [-0.39, 0.29) is 22.5 Å². The van der Waals surface area contributed by atoms with Gasteiger partial charge >= 0.3 is 5.69 Å². The highest BCUT2D eigenvalue weighted by Crippen LogP contribution is 2.07. The van der Waals surface area contributed by atoms with E-state index < -0.39 is 11.2 Å². The second kappa shape index (κ2) is 7.19. The molecule has 0 radical (unpaired) electrons. The number of amides is 1. The standard InChI is InChI=1S/C15H20N4O4/c1-4-23-7-5-6-16-13(20)10-8-11-12(17-9-10)18(2)15(22)19(3)14(11)21/h8-9H,4-7H2,1-3H3,(H,16,20). The van der Waals surface area contributed by atoms with Gasteiger partial charge in [-0.05, 0) is 19.4 Å². The average Bonchev–Trinajstić information content (AvgIpc) is 2.57. The molecule has 0 saturated carbocycles. The highest BCUT2D eigenvalue weighted by molar-refractivity contribution is 5.96. The van der Waals surface area contributed by atoms with E-state index in [0.29, 0.717) is 26.2 Å². The number of hydrogen-bond donors (Lipinski definition) is 1. The molecule has 0 aliphatic heterocycles. The van der Waals surface area contributed by atoms with Gasteiger partial charge in [-0.3, -0.25) is 18.7 Å². The van der Waals surface area contributed by atoms with E-state index in [1.165, 1.54) is 30.9 Å². The molecule has 8 nitrogen and oxygen atoms in total. The molecule has 0 saturated heterocycles. The minimum absolute atomic E-state index is 0.233. The van der Waals surface area contributed by atoms with Crippen LogP contribution in [-0.4, -0.2) is 39.8 Å². The number of nitrogens with one attached hydrogen (secondary N) is 1. The molecule has 2 aromatic rings. The first-order valence-electron chi connectivity index (χ1n) is 7.39. The number of aromatic nitrogens is 3. The molecule has 0 aliphatic rings.